The number of carboxylic acid groups (broad SMARTS) is 1. The quantitative estimate of drug-likeness (QED) is 0.856. The average molecular weight is 319 g/mol. The minimum atomic E-state index is -1.04. The topological polar surface area (TPSA) is 75.6 Å². The molecule has 0 atom stereocenters. The molecule has 2 N–H and O–H groups in total. The zero-order valence-corrected chi connectivity index (χ0v) is 13.2. The molecule has 0 bridgehead atoms. The summed E-state index contributed by atoms with van der Waals surface area (Å²) in [6.07, 6.45) is 0.183. The molecule has 0 aliphatic heterocycles. The summed E-state index contributed by atoms with van der Waals surface area (Å²) in [5.74, 6) is -0.525. The first-order valence-corrected chi connectivity index (χ1v) is 7.66. The van der Waals surface area contributed by atoms with E-state index in [-0.39, 0.29) is 17.9 Å². The molecule has 22 heavy (non-hydrogen) atoms. The number of hydrogen-bond acceptors (Lipinski definition) is 4. The molecular formula is C16H17NO4S. The van der Waals surface area contributed by atoms with Crippen LogP contribution in [0.5, 0.6) is 5.75 Å². The summed E-state index contributed by atoms with van der Waals surface area (Å²) in [5, 5.41) is 12.1. The molecule has 0 aliphatic carbocycles. The second kappa shape index (κ2) is 7.09. The van der Waals surface area contributed by atoms with E-state index >= 15 is 0 Å². The Hall–Kier alpha value is -2.34. The van der Waals surface area contributed by atoms with Gasteiger partial charge in [-0.2, -0.15) is 0 Å². The molecule has 2 rings (SSSR count). The van der Waals surface area contributed by atoms with E-state index in [4.69, 9.17) is 9.84 Å². The predicted octanol–water partition coefficient (Wildman–Crippen LogP) is 3.33. The van der Waals surface area contributed by atoms with E-state index in [2.05, 4.69) is 5.32 Å². The van der Waals surface area contributed by atoms with E-state index in [1.165, 1.54) is 11.3 Å². The number of rotatable bonds is 6. The van der Waals surface area contributed by atoms with Crippen LogP contribution >= 0.6 is 11.3 Å². The van der Waals surface area contributed by atoms with E-state index in [0.29, 0.717) is 11.6 Å². The second-order valence-electron chi connectivity index (χ2n) is 4.71. The number of amides is 1. The van der Waals surface area contributed by atoms with Crippen molar-refractivity contribution in [2.45, 2.75) is 20.3 Å². The van der Waals surface area contributed by atoms with Crippen molar-refractivity contribution in [3.63, 3.8) is 0 Å². The van der Waals surface area contributed by atoms with Crippen LogP contribution in [-0.2, 0) is 11.2 Å². The van der Waals surface area contributed by atoms with E-state index < -0.39 is 5.97 Å². The molecule has 6 heteroatoms. The van der Waals surface area contributed by atoms with E-state index in [1.54, 1.807) is 13.0 Å². The van der Waals surface area contributed by atoms with E-state index in [0.717, 1.165) is 16.2 Å². The highest BCUT2D eigenvalue weighted by molar-refractivity contribution is 7.16. The summed E-state index contributed by atoms with van der Waals surface area (Å²) >= 11 is 1.26. The summed E-state index contributed by atoms with van der Waals surface area (Å²) in [6, 6.07) is 8.82. The van der Waals surface area contributed by atoms with E-state index in [9.17, 15) is 9.59 Å². The summed E-state index contributed by atoms with van der Waals surface area (Å²) in [6.45, 7) is 4.30. The van der Waals surface area contributed by atoms with Gasteiger partial charge < -0.3 is 15.2 Å². The molecule has 1 aromatic carbocycles. The zero-order valence-electron chi connectivity index (χ0n) is 12.4. The molecule has 0 fully saturated rings. The van der Waals surface area contributed by atoms with Crippen LogP contribution in [0.1, 0.15) is 27.7 Å². The molecule has 116 valence electrons. The Labute approximate surface area is 132 Å². The van der Waals surface area contributed by atoms with Gasteiger partial charge in [-0.15, -0.1) is 11.3 Å². The number of hydrogen-bond donors (Lipinski definition) is 2. The molecule has 2 aromatic rings. The van der Waals surface area contributed by atoms with Gasteiger partial charge in [0.05, 0.1) is 18.6 Å². The highest BCUT2D eigenvalue weighted by Gasteiger charge is 2.16. The summed E-state index contributed by atoms with van der Waals surface area (Å²) < 4.78 is 5.34. The van der Waals surface area contributed by atoms with Gasteiger partial charge in [0.2, 0.25) is 5.91 Å². The number of carboxylic acids is 1. The summed E-state index contributed by atoms with van der Waals surface area (Å²) in [5.41, 5.74) is 0.966. The van der Waals surface area contributed by atoms with Gasteiger partial charge in [0.25, 0.3) is 0 Å². The number of thiophene rings is 1. The molecule has 1 amide bonds. The number of ether oxygens (including phenoxy) is 1. The first kappa shape index (κ1) is 16.0. The molecule has 1 heterocycles. The van der Waals surface area contributed by atoms with Gasteiger partial charge in [-0.25, -0.2) is 4.79 Å². The molecular weight excluding hydrogens is 302 g/mol. The number of benzene rings is 1. The summed E-state index contributed by atoms with van der Waals surface area (Å²) in [4.78, 5) is 24.0. The molecule has 1 aromatic heterocycles. The fraction of sp³-hybridized carbons (Fsp3) is 0.250. The standard InChI is InChI=1S/C16H17NO4S/c1-3-21-12-6-4-11(5-7-12)9-14(18)17-15-13(16(19)20)8-10(2)22-15/h4-8H,3,9H2,1-2H3,(H,17,18)(H,19,20). The lowest BCUT2D eigenvalue weighted by atomic mass is 10.1. The van der Waals surface area contributed by atoms with Gasteiger partial charge in [-0.3, -0.25) is 4.79 Å². The Balaban J connectivity index is 2.02. The third kappa shape index (κ3) is 4.08. The molecule has 0 spiro atoms. The van der Waals surface area contributed by atoms with Crippen LogP contribution in [0.3, 0.4) is 0 Å². The van der Waals surface area contributed by atoms with Crippen LogP contribution in [-0.4, -0.2) is 23.6 Å². The lowest BCUT2D eigenvalue weighted by molar-refractivity contribution is -0.115. The first-order chi connectivity index (χ1) is 10.5. The molecule has 0 saturated heterocycles. The number of carbonyl (C=O) groups is 2. The fourth-order valence-corrected chi connectivity index (χ4v) is 2.91. The van der Waals surface area contributed by atoms with Gasteiger partial charge in [-0.05, 0) is 37.6 Å². The number of nitrogens with one attached hydrogen (secondary N) is 1. The van der Waals surface area contributed by atoms with Crippen LogP contribution in [0.2, 0.25) is 0 Å². The normalized spacial score (nSPS) is 10.3. The lowest BCUT2D eigenvalue weighted by Crippen LogP contribution is -2.15. The zero-order chi connectivity index (χ0) is 16.1. The molecule has 0 saturated carbocycles. The van der Waals surface area contributed by atoms with Crippen molar-refractivity contribution in [2.75, 3.05) is 11.9 Å². The van der Waals surface area contributed by atoms with E-state index in [1.807, 2.05) is 31.2 Å². The van der Waals surface area contributed by atoms with Crippen LogP contribution in [0, 0.1) is 6.92 Å². The van der Waals surface area contributed by atoms with Gasteiger partial charge in [0.1, 0.15) is 10.8 Å². The van der Waals surface area contributed by atoms with Crippen LogP contribution < -0.4 is 10.1 Å². The van der Waals surface area contributed by atoms with Crippen molar-refractivity contribution in [3.8, 4) is 5.75 Å². The number of aromatic carboxylic acids is 1. The Bertz CT molecular complexity index is 676. The first-order valence-electron chi connectivity index (χ1n) is 6.85. The maximum atomic E-state index is 12.0. The van der Waals surface area contributed by atoms with Crippen LogP contribution in [0.4, 0.5) is 5.00 Å². The van der Waals surface area contributed by atoms with Gasteiger partial charge in [0, 0.05) is 4.88 Å². The van der Waals surface area contributed by atoms with Crippen LogP contribution in [0.15, 0.2) is 30.3 Å². The Morgan fingerprint density at radius 1 is 1.27 bits per heavy atom. The van der Waals surface area contributed by atoms with Gasteiger partial charge in [-0.1, -0.05) is 12.1 Å². The number of carbonyl (C=O) groups excluding carboxylic acids is 1. The number of anilines is 1. The molecule has 0 aliphatic rings. The average Bonchev–Trinajstić information content (AvgIpc) is 2.82. The van der Waals surface area contributed by atoms with Crippen molar-refractivity contribution >= 4 is 28.2 Å². The maximum Gasteiger partial charge on any atom is 0.338 e. The molecule has 0 radical (unpaired) electrons. The highest BCUT2D eigenvalue weighted by atomic mass is 32.1. The fourth-order valence-electron chi connectivity index (χ4n) is 1.99. The maximum absolute atomic E-state index is 12.0. The Morgan fingerprint density at radius 3 is 2.55 bits per heavy atom. The monoisotopic (exact) mass is 319 g/mol. The van der Waals surface area contributed by atoms with Crippen molar-refractivity contribution in [1.29, 1.82) is 0 Å². The number of aryl methyl sites for hydroxylation is 1. The summed E-state index contributed by atoms with van der Waals surface area (Å²) in [7, 11) is 0. The van der Waals surface area contributed by atoms with Crippen molar-refractivity contribution in [2.24, 2.45) is 0 Å². The minimum absolute atomic E-state index is 0.127. The minimum Gasteiger partial charge on any atom is -0.494 e. The SMILES string of the molecule is CCOc1ccc(CC(=O)Nc2sc(C)cc2C(=O)O)cc1. The predicted molar refractivity (Wildman–Crippen MR) is 86.0 cm³/mol. The van der Waals surface area contributed by atoms with Crippen molar-refractivity contribution in [3.05, 3.63) is 46.3 Å². The van der Waals surface area contributed by atoms with Gasteiger partial charge in [0.15, 0.2) is 0 Å². The lowest BCUT2D eigenvalue weighted by Gasteiger charge is -2.06. The van der Waals surface area contributed by atoms with Gasteiger partial charge >= 0.3 is 5.97 Å². The Morgan fingerprint density at radius 2 is 1.95 bits per heavy atom. The largest absolute Gasteiger partial charge is 0.494 e. The third-order valence-corrected chi connectivity index (χ3v) is 3.90. The Kier molecular flexibility index (Phi) is 5.16. The molecule has 0 unspecified atom stereocenters. The van der Waals surface area contributed by atoms with Crippen molar-refractivity contribution < 1.29 is 19.4 Å². The second-order valence-corrected chi connectivity index (χ2v) is 5.96. The third-order valence-electron chi connectivity index (χ3n) is 2.94. The smallest absolute Gasteiger partial charge is 0.338 e. The molecule has 5 nitrogen and oxygen atoms in total. The van der Waals surface area contributed by atoms with Crippen molar-refractivity contribution in [1.82, 2.24) is 0 Å². The van der Waals surface area contributed by atoms with Crippen LogP contribution in [0.25, 0.3) is 0 Å². The highest BCUT2D eigenvalue weighted by Crippen LogP contribution is 2.27.